The van der Waals surface area contributed by atoms with Gasteiger partial charge in [0.15, 0.2) is 0 Å². The molecule has 0 aliphatic carbocycles. The summed E-state index contributed by atoms with van der Waals surface area (Å²) in [7, 11) is 1.34. The van der Waals surface area contributed by atoms with E-state index >= 15 is 0 Å². The van der Waals surface area contributed by atoms with E-state index in [1.54, 1.807) is 6.20 Å². The summed E-state index contributed by atoms with van der Waals surface area (Å²) in [6.07, 6.45) is 7.15. The zero-order valence-electron chi connectivity index (χ0n) is 13.9. The molecule has 0 fully saturated rings. The van der Waals surface area contributed by atoms with Gasteiger partial charge in [-0.3, -0.25) is 9.48 Å². The monoisotopic (exact) mass is 329 g/mol. The third-order valence-electron chi connectivity index (χ3n) is 4.20. The van der Waals surface area contributed by atoms with Gasteiger partial charge in [0.1, 0.15) is 11.9 Å². The zero-order chi connectivity index (χ0) is 16.9. The van der Waals surface area contributed by atoms with Crippen molar-refractivity contribution in [2.45, 2.75) is 38.3 Å². The minimum Gasteiger partial charge on any atom is -0.468 e. The van der Waals surface area contributed by atoms with Crippen LogP contribution in [0.4, 0.5) is 5.82 Å². The fourth-order valence-electron chi connectivity index (χ4n) is 2.86. The van der Waals surface area contributed by atoms with Gasteiger partial charge in [0.05, 0.1) is 13.3 Å². The second-order valence-corrected chi connectivity index (χ2v) is 6.04. The van der Waals surface area contributed by atoms with E-state index in [4.69, 9.17) is 5.73 Å². The largest absolute Gasteiger partial charge is 0.468 e. The first-order valence-corrected chi connectivity index (χ1v) is 8.23. The highest BCUT2D eigenvalue weighted by atomic mass is 16.5. The maximum absolute atomic E-state index is 11.4. The Morgan fingerprint density at radius 2 is 2.38 bits per heavy atom. The van der Waals surface area contributed by atoms with Crippen molar-refractivity contribution in [2.75, 3.05) is 19.0 Å². The van der Waals surface area contributed by atoms with Crippen LogP contribution in [-0.4, -0.2) is 40.4 Å². The van der Waals surface area contributed by atoms with Crippen LogP contribution in [-0.2, 0) is 35.3 Å². The molecule has 0 saturated carbocycles. The van der Waals surface area contributed by atoms with E-state index in [1.165, 1.54) is 12.7 Å². The lowest BCUT2D eigenvalue weighted by Crippen LogP contribution is -2.33. The number of nitrogens with zero attached hydrogens (tertiary/aromatic N) is 3. The lowest BCUT2D eigenvalue weighted by molar-refractivity contribution is -0.142. The highest BCUT2D eigenvalue weighted by Gasteiger charge is 2.15. The fraction of sp³-hybridized carbons (Fsp3) is 0.471. The number of aromatic nitrogens is 3. The molecule has 3 rings (SSSR count). The first kappa shape index (κ1) is 16.4. The maximum Gasteiger partial charge on any atom is 0.322 e. The van der Waals surface area contributed by atoms with Gasteiger partial charge >= 0.3 is 5.97 Å². The minimum atomic E-state index is -0.652. The Morgan fingerprint density at radius 1 is 1.50 bits per heavy atom. The number of pyridine rings is 1. The van der Waals surface area contributed by atoms with Crippen molar-refractivity contribution in [1.29, 1.82) is 0 Å². The predicted molar refractivity (Wildman–Crippen MR) is 90.7 cm³/mol. The van der Waals surface area contributed by atoms with Gasteiger partial charge in [-0.2, -0.15) is 5.10 Å². The summed E-state index contributed by atoms with van der Waals surface area (Å²) in [5, 5.41) is 7.67. The second-order valence-electron chi connectivity index (χ2n) is 6.04. The number of hydrogen-bond acceptors (Lipinski definition) is 6. The molecule has 0 spiro atoms. The molecule has 1 aliphatic rings. The first-order valence-electron chi connectivity index (χ1n) is 8.23. The van der Waals surface area contributed by atoms with E-state index in [2.05, 4.69) is 32.3 Å². The molecule has 0 saturated heterocycles. The van der Waals surface area contributed by atoms with Gasteiger partial charge in [-0.25, -0.2) is 4.98 Å². The quantitative estimate of drug-likeness (QED) is 0.765. The number of hydrogen-bond donors (Lipinski definition) is 2. The van der Waals surface area contributed by atoms with Gasteiger partial charge in [-0.15, -0.1) is 0 Å². The molecule has 7 heteroatoms. The topological polar surface area (TPSA) is 95.1 Å². The molecule has 0 radical (unpaired) electrons. The Hall–Kier alpha value is -2.41. The number of rotatable bonds is 6. The second kappa shape index (κ2) is 7.44. The first-order chi connectivity index (χ1) is 11.7. The Kier molecular flexibility index (Phi) is 5.10. The SMILES string of the molecule is COC(=O)C(N)Cc1cnn(CCc2ccc3c(n2)NCCC3)c1. The number of anilines is 1. The molecule has 7 nitrogen and oxygen atoms in total. The van der Waals surface area contributed by atoms with Gasteiger partial charge in [-0.05, 0) is 30.0 Å². The maximum atomic E-state index is 11.4. The molecule has 0 bridgehead atoms. The minimum absolute atomic E-state index is 0.409. The molecule has 128 valence electrons. The van der Waals surface area contributed by atoms with Crippen molar-refractivity contribution in [3.05, 3.63) is 41.3 Å². The van der Waals surface area contributed by atoms with Gasteiger partial charge in [0.25, 0.3) is 0 Å². The fourth-order valence-corrected chi connectivity index (χ4v) is 2.86. The van der Waals surface area contributed by atoms with E-state index in [-0.39, 0.29) is 0 Å². The van der Waals surface area contributed by atoms with E-state index in [0.29, 0.717) is 6.42 Å². The smallest absolute Gasteiger partial charge is 0.322 e. The number of carbonyl (C=O) groups is 1. The average molecular weight is 329 g/mol. The van der Waals surface area contributed by atoms with Crippen LogP contribution in [0.15, 0.2) is 24.5 Å². The molecule has 3 heterocycles. The molecular weight excluding hydrogens is 306 g/mol. The molecule has 0 amide bonds. The van der Waals surface area contributed by atoms with Crippen molar-refractivity contribution < 1.29 is 9.53 Å². The summed E-state index contributed by atoms with van der Waals surface area (Å²) in [6, 6.07) is 3.60. The van der Waals surface area contributed by atoms with Crippen LogP contribution in [0.5, 0.6) is 0 Å². The van der Waals surface area contributed by atoms with Gasteiger partial charge in [-0.1, -0.05) is 6.07 Å². The van der Waals surface area contributed by atoms with Crippen LogP contribution in [0.1, 0.15) is 23.2 Å². The van der Waals surface area contributed by atoms with Crippen molar-refractivity contribution in [1.82, 2.24) is 14.8 Å². The Labute approximate surface area is 141 Å². The third-order valence-corrected chi connectivity index (χ3v) is 4.20. The van der Waals surface area contributed by atoms with Crippen LogP contribution in [0.3, 0.4) is 0 Å². The van der Waals surface area contributed by atoms with Crippen molar-refractivity contribution in [2.24, 2.45) is 5.73 Å². The number of esters is 1. The van der Waals surface area contributed by atoms with Gasteiger partial charge in [0, 0.05) is 37.8 Å². The van der Waals surface area contributed by atoms with Crippen LogP contribution < -0.4 is 11.1 Å². The third kappa shape index (κ3) is 3.91. The zero-order valence-corrected chi connectivity index (χ0v) is 13.9. The highest BCUT2D eigenvalue weighted by molar-refractivity contribution is 5.75. The van der Waals surface area contributed by atoms with Gasteiger partial charge in [0.2, 0.25) is 0 Å². The predicted octanol–water partition coefficient (Wildman–Crippen LogP) is 0.922. The summed E-state index contributed by atoms with van der Waals surface area (Å²) >= 11 is 0. The van der Waals surface area contributed by atoms with Crippen LogP contribution in [0, 0.1) is 0 Å². The summed E-state index contributed by atoms with van der Waals surface area (Å²) in [5.41, 5.74) is 9.04. The van der Waals surface area contributed by atoms with E-state index in [0.717, 1.165) is 49.4 Å². The summed E-state index contributed by atoms with van der Waals surface area (Å²) in [5.74, 6) is 0.609. The number of ether oxygens (including phenoxy) is 1. The Balaban J connectivity index is 1.56. The molecule has 1 unspecified atom stereocenters. The molecule has 0 aromatic carbocycles. The normalized spacial score (nSPS) is 14.6. The van der Waals surface area contributed by atoms with Crippen LogP contribution in [0.2, 0.25) is 0 Å². The number of nitrogens with two attached hydrogens (primary N) is 1. The molecule has 1 atom stereocenters. The number of methoxy groups -OCH3 is 1. The van der Waals surface area contributed by atoms with E-state index in [1.807, 2.05) is 10.9 Å². The summed E-state index contributed by atoms with van der Waals surface area (Å²) < 4.78 is 6.49. The molecule has 24 heavy (non-hydrogen) atoms. The highest BCUT2D eigenvalue weighted by Crippen LogP contribution is 2.19. The molecule has 3 N–H and O–H groups in total. The molecule has 2 aromatic rings. The van der Waals surface area contributed by atoms with Crippen LogP contribution >= 0.6 is 0 Å². The average Bonchev–Trinajstić information content (AvgIpc) is 3.06. The van der Waals surface area contributed by atoms with Crippen molar-refractivity contribution >= 4 is 11.8 Å². The number of fused-ring (bicyclic) bond motifs is 1. The number of aryl methyl sites for hydroxylation is 3. The van der Waals surface area contributed by atoms with Crippen molar-refractivity contribution in [3.63, 3.8) is 0 Å². The Bertz CT molecular complexity index is 713. The molecule has 1 aliphatic heterocycles. The number of carbonyl (C=O) groups excluding carboxylic acids is 1. The lowest BCUT2D eigenvalue weighted by atomic mass is 10.1. The summed E-state index contributed by atoms with van der Waals surface area (Å²) in [4.78, 5) is 16.0. The molecule has 2 aromatic heterocycles. The van der Waals surface area contributed by atoms with Crippen molar-refractivity contribution in [3.8, 4) is 0 Å². The summed E-state index contributed by atoms with van der Waals surface area (Å²) in [6.45, 7) is 1.73. The standard InChI is InChI=1S/C17H23N5O2/c1-24-17(23)15(18)9-12-10-20-22(11-12)8-6-14-5-4-13-3-2-7-19-16(13)21-14/h4-5,10-11,15H,2-3,6-9,18H2,1H3,(H,19,21). The number of nitrogens with one attached hydrogen (secondary N) is 1. The van der Waals surface area contributed by atoms with E-state index in [9.17, 15) is 4.79 Å². The van der Waals surface area contributed by atoms with E-state index < -0.39 is 12.0 Å². The molecular formula is C17H23N5O2. The van der Waals surface area contributed by atoms with Crippen LogP contribution in [0.25, 0.3) is 0 Å². The lowest BCUT2D eigenvalue weighted by Gasteiger charge is -2.17. The Morgan fingerprint density at radius 3 is 3.21 bits per heavy atom. The van der Waals surface area contributed by atoms with Gasteiger partial charge < -0.3 is 15.8 Å².